The summed E-state index contributed by atoms with van der Waals surface area (Å²) in [6.45, 7) is 0.889. The molecular weight excluding hydrogens is 168 g/mol. The number of carbonyl (C=O) groups is 1. The van der Waals surface area contributed by atoms with Crippen molar-refractivity contribution in [3.63, 3.8) is 0 Å². The third kappa shape index (κ3) is 2.31. The lowest BCUT2D eigenvalue weighted by Crippen LogP contribution is -2.16. The topological polar surface area (TPSA) is 49.8 Å². The summed E-state index contributed by atoms with van der Waals surface area (Å²) in [5, 5.41) is 8.76. The molecule has 1 saturated heterocycles. The molecular formula is C10H14O3. The predicted octanol–water partition coefficient (Wildman–Crippen LogP) is 1.59. The van der Waals surface area contributed by atoms with Crippen molar-refractivity contribution in [3.05, 3.63) is 11.6 Å². The molecule has 1 aliphatic carbocycles. The molecule has 2 atom stereocenters. The first kappa shape index (κ1) is 8.75. The maximum absolute atomic E-state index is 10.6. The van der Waals surface area contributed by atoms with Crippen LogP contribution >= 0.6 is 0 Å². The van der Waals surface area contributed by atoms with Gasteiger partial charge in [0, 0.05) is 0 Å². The van der Waals surface area contributed by atoms with E-state index in [2.05, 4.69) is 6.08 Å². The molecule has 0 bridgehead atoms. The fourth-order valence-electron chi connectivity index (χ4n) is 1.78. The molecule has 1 fully saturated rings. The number of hydrogen-bond donors (Lipinski definition) is 1. The largest absolute Gasteiger partial charge is 0.481 e. The van der Waals surface area contributed by atoms with Gasteiger partial charge in [0.2, 0.25) is 0 Å². The third-order valence-corrected chi connectivity index (χ3v) is 2.75. The van der Waals surface area contributed by atoms with Gasteiger partial charge in [-0.1, -0.05) is 11.6 Å². The Morgan fingerprint density at radius 1 is 1.69 bits per heavy atom. The van der Waals surface area contributed by atoms with Crippen molar-refractivity contribution in [2.45, 2.75) is 31.8 Å². The summed E-state index contributed by atoms with van der Waals surface area (Å²) in [5.41, 5.74) is 1.39. The van der Waals surface area contributed by atoms with Crippen LogP contribution in [-0.4, -0.2) is 23.8 Å². The highest BCUT2D eigenvalue weighted by Crippen LogP contribution is 2.29. The van der Waals surface area contributed by atoms with Crippen molar-refractivity contribution in [2.75, 3.05) is 6.61 Å². The minimum atomic E-state index is -0.655. The Bertz CT molecular complexity index is 241. The van der Waals surface area contributed by atoms with E-state index in [1.54, 1.807) is 0 Å². The molecule has 1 aliphatic heterocycles. The zero-order chi connectivity index (χ0) is 9.26. The fourth-order valence-corrected chi connectivity index (χ4v) is 1.78. The van der Waals surface area contributed by atoms with Gasteiger partial charge in [0.15, 0.2) is 0 Å². The minimum absolute atomic E-state index is 0.149. The standard InChI is InChI=1S/C10H14O3/c11-10(12)8-3-1-7(2-4-8)5-9-6-13-9/h1,8-9H,2-6H2,(H,11,12). The van der Waals surface area contributed by atoms with E-state index < -0.39 is 5.97 Å². The maximum atomic E-state index is 10.6. The molecule has 0 aromatic rings. The third-order valence-electron chi connectivity index (χ3n) is 2.75. The van der Waals surface area contributed by atoms with E-state index in [1.807, 2.05) is 0 Å². The second-order valence-electron chi connectivity index (χ2n) is 3.83. The van der Waals surface area contributed by atoms with Gasteiger partial charge in [0.1, 0.15) is 0 Å². The molecule has 1 heterocycles. The quantitative estimate of drug-likeness (QED) is 0.532. The van der Waals surface area contributed by atoms with Crippen molar-refractivity contribution in [3.8, 4) is 0 Å². The van der Waals surface area contributed by atoms with Crippen LogP contribution in [0.4, 0.5) is 0 Å². The van der Waals surface area contributed by atoms with Gasteiger partial charge in [-0.2, -0.15) is 0 Å². The molecule has 2 unspecified atom stereocenters. The summed E-state index contributed by atoms with van der Waals surface area (Å²) in [6.07, 6.45) is 5.99. The van der Waals surface area contributed by atoms with Gasteiger partial charge in [0.25, 0.3) is 0 Å². The molecule has 1 N–H and O–H groups in total. The smallest absolute Gasteiger partial charge is 0.306 e. The lowest BCUT2D eigenvalue weighted by atomic mass is 9.88. The van der Waals surface area contributed by atoms with E-state index >= 15 is 0 Å². The van der Waals surface area contributed by atoms with Crippen LogP contribution in [0.5, 0.6) is 0 Å². The van der Waals surface area contributed by atoms with Crippen LogP contribution in [-0.2, 0) is 9.53 Å². The molecule has 0 spiro atoms. The van der Waals surface area contributed by atoms with Gasteiger partial charge >= 0.3 is 5.97 Å². The Morgan fingerprint density at radius 2 is 2.46 bits per heavy atom. The molecule has 3 nitrogen and oxygen atoms in total. The van der Waals surface area contributed by atoms with E-state index in [-0.39, 0.29) is 5.92 Å². The Morgan fingerprint density at radius 3 is 2.92 bits per heavy atom. The van der Waals surface area contributed by atoms with Gasteiger partial charge in [0.05, 0.1) is 18.6 Å². The highest BCUT2D eigenvalue weighted by atomic mass is 16.6. The molecule has 13 heavy (non-hydrogen) atoms. The van der Waals surface area contributed by atoms with Gasteiger partial charge in [-0.3, -0.25) is 4.79 Å². The second-order valence-corrected chi connectivity index (χ2v) is 3.83. The molecule has 0 aromatic carbocycles. The highest BCUT2D eigenvalue weighted by molar-refractivity contribution is 5.70. The first-order valence-electron chi connectivity index (χ1n) is 4.78. The molecule has 2 rings (SSSR count). The number of carboxylic acids is 1. The average Bonchev–Trinajstić information content (AvgIpc) is 2.89. The van der Waals surface area contributed by atoms with Crippen LogP contribution in [0.2, 0.25) is 0 Å². The SMILES string of the molecule is O=C(O)C1CC=C(CC2CO2)CC1. The zero-order valence-electron chi connectivity index (χ0n) is 7.53. The Balaban J connectivity index is 1.84. The van der Waals surface area contributed by atoms with Crippen molar-refractivity contribution in [2.24, 2.45) is 5.92 Å². The number of allylic oxidation sites excluding steroid dienone is 1. The molecule has 0 saturated carbocycles. The summed E-state index contributed by atoms with van der Waals surface area (Å²) in [6, 6.07) is 0. The summed E-state index contributed by atoms with van der Waals surface area (Å²) in [4.78, 5) is 10.6. The Labute approximate surface area is 77.4 Å². The summed E-state index contributed by atoms with van der Waals surface area (Å²) in [7, 11) is 0. The van der Waals surface area contributed by atoms with Crippen molar-refractivity contribution < 1.29 is 14.6 Å². The molecule has 72 valence electrons. The number of carboxylic acid groups (broad SMARTS) is 1. The van der Waals surface area contributed by atoms with E-state index in [4.69, 9.17) is 9.84 Å². The van der Waals surface area contributed by atoms with Crippen LogP contribution in [0.1, 0.15) is 25.7 Å². The number of hydrogen-bond acceptors (Lipinski definition) is 2. The van der Waals surface area contributed by atoms with Crippen LogP contribution < -0.4 is 0 Å². The number of ether oxygens (including phenoxy) is 1. The number of aliphatic carboxylic acids is 1. The van der Waals surface area contributed by atoms with Gasteiger partial charge in [-0.25, -0.2) is 0 Å². The normalized spacial score (nSPS) is 32.5. The lowest BCUT2D eigenvalue weighted by molar-refractivity contribution is -0.141. The molecule has 0 amide bonds. The molecule has 2 aliphatic rings. The van der Waals surface area contributed by atoms with Gasteiger partial charge in [-0.15, -0.1) is 0 Å². The first-order chi connectivity index (χ1) is 6.25. The minimum Gasteiger partial charge on any atom is -0.481 e. The van der Waals surface area contributed by atoms with Crippen molar-refractivity contribution in [1.29, 1.82) is 0 Å². The van der Waals surface area contributed by atoms with E-state index in [0.717, 1.165) is 25.9 Å². The summed E-state index contributed by atoms with van der Waals surface area (Å²) >= 11 is 0. The van der Waals surface area contributed by atoms with Crippen LogP contribution in [0.25, 0.3) is 0 Å². The predicted molar refractivity (Wildman–Crippen MR) is 47.4 cm³/mol. The zero-order valence-corrected chi connectivity index (χ0v) is 7.53. The Hall–Kier alpha value is -0.830. The Kier molecular flexibility index (Phi) is 2.36. The molecule has 0 aromatic heterocycles. The maximum Gasteiger partial charge on any atom is 0.306 e. The fraction of sp³-hybridized carbons (Fsp3) is 0.700. The van der Waals surface area contributed by atoms with E-state index in [0.29, 0.717) is 12.5 Å². The van der Waals surface area contributed by atoms with Crippen LogP contribution in [0, 0.1) is 5.92 Å². The number of epoxide rings is 1. The van der Waals surface area contributed by atoms with Crippen LogP contribution in [0.3, 0.4) is 0 Å². The lowest BCUT2D eigenvalue weighted by Gasteiger charge is -2.17. The number of rotatable bonds is 3. The summed E-state index contributed by atoms with van der Waals surface area (Å²) < 4.78 is 5.13. The van der Waals surface area contributed by atoms with Crippen molar-refractivity contribution in [1.82, 2.24) is 0 Å². The van der Waals surface area contributed by atoms with E-state index in [9.17, 15) is 4.79 Å². The second kappa shape index (κ2) is 3.50. The monoisotopic (exact) mass is 182 g/mol. The van der Waals surface area contributed by atoms with E-state index in [1.165, 1.54) is 5.57 Å². The van der Waals surface area contributed by atoms with Crippen molar-refractivity contribution >= 4 is 5.97 Å². The first-order valence-corrected chi connectivity index (χ1v) is 4.78. The highest BCUT2D eigenvalue weighted by Gasteiger charge is 2.26. The van der Waals surface area contributed by atoms with Crippen LogP contribution in [0.15, 0.2) is 11.6 Å². The molecule has 3 heteroatoms. The molecule has 0 radical (unpaired) electrons. The average molecular weight is 182 g/mol. The van der Waals surface area contributed by atoms with Gasteiger partial charge in [-0.05, 0) is 25.7 Å². The summed E-state index contributed by atoms with van der Waals surface area (Å²) in [5.74, 6) is -0.804. The van der Waals surface area contributed by atoms with Gasteiger partial charge < -0.3 is 9.84 Å².